The van der Waals surface area contributed by atoms with Crippen molar-refractivity contribution in [2.75, 3.05) is 23.3 Å². The molecule has 1 fully saturated rings. The third-order valence-electron chi connectivity index (χ3n) is 4.22. The number of carbonyl (C=O) groups excluding carboxylic acids is 1. The van der Waals surface area contributed by atoms with Crippen LogP contribution in [0.5, 0.6) is 5.75 Å². The van der Waals surface area contributed by atoms with Gasteiger partial charge in [-0.1, -0.05) is 0 Å². The summed E-state index contributed by atoms with van der Waals surface area (Å²) >= 11 is 0. The Morgan fingerprint density at radius 2 is 1.83 bits per heavy atom. The summed E-state index contributed by atoms with van der Waals surface area (Å²) in [6.07, 6.45) is -0.434. The lowest BCUT2D eigenvalue weighted by molar-refractivity contribution is -0.274. The third-order valence-corrected chi connectivity index (χ3v) is 4.22. The number of aromatic nitrogens is 5. The summed E-state index contributed by atoms with van der Waals surface area (Å²) in [6, 6.07) is 6.72. The number of halogens is 3. The van der Waals surface area contributed by atoms with Crippen molar-refractivity contribution >= 4 is 17.4 Å². The van der Waals surface area contributed by atoms with E-state index in [1.807, 2.05) is 4.90 Å². The summed E-state index contributed by atoms with van der Waals surface area (Å²) in [6.45, 7) is 0.907. The van der Waals surface area contributed by atoms with Crippen molar-refractivity contribution in [1.82, 2.24) is 24.7 Å². The highest BCUT2D eigenvalue weighted by atomic mass is 19.4. The van der Waals surface area contributed by atoms with Crippen LogP contribution in [0, 0.1) is 5.92 Å². The summed E-state index contributed by atoms with van der Waals surface area (Å²) in [5.74, 6) is 0.365. The topological polar surface area (TPSA) is 98.1 Å². The highest BCUT2D eigenvalue weighted by Crippen LogP contribution is 2.26. The van der Waals surface area contributed by atoms with Gasteiger partial charge in [0.15, 0.2) is 5.82 Å². The Kier molecular flexibility index (Phi) is 4.74. The Bertz CT molecular complexity index is 987. The minimum Gasteiger partial charge on any atom is -0.406 e. The number of ether oxygens (including phenoxy) is 1. The number of anilines is 2. The monoisotopic (exact) mass is 405 g/mol. The molecule has 1 aliphatic heterocycles. The summed E-state index contributed by atoms with van der Waals surface area (Å²) in [4.78, 5) is 26.4. The standard InChI is InChI=1S/C17H14F3N7O2/c18-17(19,20)29-13-3-1-12(2-4-13)25-16(28)11-6-26(7-11)14-5-15(23-9-22-14)27-10-21-8-24-27/h1-5,8-11H,6-7H2,(H,25,28). The van der Waals surface area contributed by atoms with Crippen molar-refractivity contribution in [2.24, 2.45) is 5.92 Å². The molecule has 0 aliphatic carbocycles. The van der Waals surface area contributed by atoms with Crippen molar-refractivity contribution < 1.29 is 22.7 Å². The zero-order valence-electron chi connectivity index (χ0n) is 14.7. The predicted octanol–water partition coefficient (Wildman–Crippen LogP) is 2.03. The van der Waals surface area contributed by atoms with Crippen LogP contribution in [-0.2, 0) is 4.79 Å². The molecule has 0 radical (unpaired) electrons. The molecule has 1 saturated heterocycles. The molecule has 9 nitrogen and oxygen atoms in total. The summed E-state index contributed by atoms with van der Waals surface area (Å²) in [5.41, 5.74) is 0.387. The number of rotatable bonds is 5. The lowest BCUT2D eigenvalue weighted by Gasteiger charge is -2.39. The van der Waals surface area contributed by atoms with Gasteiger partial charge in [-0.15, -0.1) is 13.2 Å². The first-order valence-corrected chi connectivity index (χ1v) is 8.46. The number of amides is 1. The molecule has 3 aromatic rings. The quantitative estimate of drug-likeness (QED) is 0.694. The largest absolute Gasteiger partial charge is 0.573 e. The Labute approximate surface area is 162 Å². The molecular formula is C17H14F3N7O2. The van der Waals surface area contributed by atoms with E-state index < -0.39 is 6.36 Å². The number of alkyl halides is 3. The SMILES string of the molecule is O=C(Nc1ccc(OC(F)(F)F)cc1)C1CN(c2cc(-n3cncn3)ncn2)C1. The fourth-order valence-electron chi connectivity index (χ4n) is 2.78. The smallest absolute Gasteiger partial charge is 0.406 e. The Balaban J connectivity index is 1.32. The van der Waals surface area contributed by atoms with Crippen LogP contribution in [0.15, 0.2) is 49.3 Å². The summed E-state index contributed by atoms with van der Waals surface area (Å²) < 4.78 is 41.8. The summed E-state index contributed by atoms with van der Waals surface area (Å²) in [5, 5.41) is 6.69. The molecule has 0 atom stereocenters. The third kappa shape index (κ3) is 4.42. The lowest BCUT2D eigenvalue weighted by Crippen LogP contribution is -2.52. The molecule has 2 aromatic heterocycles. The van der Waals surface area contributed by atoms with Gasteiger partial charge in [0.05, 0.1) is 5.92 Å². The number of benzene rings is 1. The molecule has 150 valence electrons. The van der Waals surface area contributed by atoms with E-state index in [9.17, 15) is 18.0 Å². The van der Waals surface area contributed by atoms with E-state index in [2.05, 4.69) is 30.1 Å². The van der Waals surface area contributed by atoms with Crippen molar-refractivity contribution in [3.63, 3.8) is 0 Å². The van der Waals surface area contributed by atoms with Crippen LogP contribution in [0.4, 0.5) is 24.7 Å². The average Bonchev–Trinajstić information content (AvgIpc) is 3.16. The molecule has 0 unspecified atom stereocenters. The zero-order valence-corrected chi connectivity index (χ0v) is 14.7. The van der Waals surface area contributed by atoms with Crippen molar-refractivity contribution in [3.8, 4) is 11.6 Å². The van der Waals surface area contributed by atoms with E-state index >= 15 is 0 Å². The van der Waals surface area contributed by atoms with Gasteiger partial charge in [-0.2, -0.15) is 5.10 Å². The lowest BCUT2D eigenvalue weighted by atomic mass is 9.99. The van der Waals surface area contributed by atoms with Gasteiger partial charge in [0.2, 0.25) is 5.91 Å². The number of hydrogen-bond acceptors (Lipinski definition) is 7. The molecule has 0 bridgehead atoms. The van der Waals surface area contributed by atoms with Gasteiger partial charge in [-0.3, -0.25) is 4.79 Å². The second-order valence-corrected chi connectivity index (χ2v) is 6.24. The van der Waals surface area contributed by atoms with Crippen LogP contribution in [-0.4, -0.2) is 50.1 Å². The van der Waals surface area contributed by atoms with Crippen LogP contribution in [0.1, 0.15) is 0 Å². The van der Waals surface area contributed by atoms with Gasteiger partial charge in [0, 0.05) is 24.8 Å². The normalized spacial score (nSPS) is 14.4. The van der Waals surface area contributed by atoms with Crippen LogP contribution >= 0.6 is 0 Å². The fraction of sp³-hybridized carbons (Fsp3) is 0.235. The Hall–Kier alpha value is -3.70. The zero-order chi connectivity index (χ0) is 20.4. The van der Waals surface area contributed by atoms with Crippen molar-refractivity contribution in [2.45, 2.75) is 6.36 Å². The first-order valence-electron chi connectivity index (χ1n) is 8.46. The van der Waals surface area contributed by atoms with Crippen molar-refractivity contribution in [1.29, 1.82) is 0 Å². The first-order chi connectivity index (χ1) is 13.9. The molecule has 1 aromatic carbocycles. The van der Waals surface area contributed by atoms with Gasteiger partial charge >= 0.3 is 6.36 Å². The van der Waals surface area contributed by atoms with E-state index in [1.165, 1.54) is 35.8 Å². The maximum Gasteiger partial charge on any atom is 0.573 e. The Morgan fingerprint density at radius 3 is 2.48 bits per heavy atom. The molecule has 4 rings (SSSR count). The summed E-state index contributed by atoms with van der Waals surface area (Å²) in [7, 11) is 0. The van der Waals surface area contributed by atoms with Gasteiger partial charge < -0.3 is 15.0 Å². The number of nitrogens with zero attached hydrogens (tertiary/aromatic N) is 6. The highest BCUT2D eigenvalue weighted by Gasteiger charge is 2.34. The number of hydrogen-bond donors (Lipinski definition) is 1. The second-order valence-electron chi connectivity index (χ2n) is 6.24. The number of nitrogens with one attached hydrogen (secondary N) is 1. The predicted molar refractivity (Wildman–Crippen MR) is 94.4 cm³/mol. The molecule has 0 spiro atoms. The molecule has 3 heterocycles. The van der Waals surface area contributed by atoms with E-state index in [0.29, 0.717) is 30.4 Å². The molecule has 0 saturated carbocycles. The maximum absolute atomic E-state index is 12.3. The molecule has 12 heteroatoms. The van der Waals surface area contributed by atoms with Crippen LogP contribution in [0.25, 0.3) is 5.82 Å². The van der Waals surface area contributed by atoms with Crippen LogP contribution in [0.2, 0.25) is 0 Å². The van der Waals surface area contributed by atoms with E-state index in [4.69, 9.17) is 0 Å². The van der Waals surface area contributed by atoms with Gasteiger partial charge in [0.25, 0.3) is 0 Å². The first kappa shape index (κ1) is 18.7. The highest BCUT2D eigenvalue weighted by molar-refractivity contribution is 5.94. The molecule has 29 heavy (non-hydrogen) atoms. The van der Waals surface area contributed by atoms with Crippen LogP contribution < -0.4 is 15.0 Å². The minimum absolute atomic E-state index is 0.226. The fourth-order valence-corrected chi connectivity index (χ4v) is 2.78. The maximum atomic E-state index is 12.3. The van der Waals surface area contributed by atoms with Gasteiger partial charge in [-0.05, 0) is 24.3 Å². The Morgan fingerprint density at radius 1 is 1.10 bits per heavy atom. The van der Waals surface area contributed by atoms with E-state index in [0.717, 1.165) is 12.1 Å². The van der Waals surface area contributed by atoms with E-state index in [1.54, 1.807) is 6.07 Å². The molecule has 1 amide bonds. The second kappa shape index (κ2) is 7.37. The van der Waals surface area contributed by atoms with Crippen LogP contribution in [0.3, 0.4) is 0 Å². The average molecular weight is 405 g/mol. The van der Waals surface area contributed by atoms with Crippen molar-refractivity contribution in [3.05, 3.63) is 49.3 Å². The number of carbonyl (C=O) groups is 1. The minimum atomic E-state index is -4.76. The molecule has 1 aliphatic rings. The molecular weight excluding hydrogens is 391 g/mol. The van der Waals surface area contributed by atoms with E-state index in [-0.39, 0.29) is 17.6 Å². The van der Waals surface area contributed by atoms with Gasteiger partial charge in [0.1, 0.15) is 30.5 Å². The molecule has 1 N–H and O–H groups in total. The van der Waals surface area contributed by atoms with Gasteiger partial charge in [-0.25, -0.2) is 19.6 Å².